The molecule has 4 rings (SSSR count). The summed E-state index contributed by atoms with van der Waals surface area (Å²) in [7, 11) is 0. The highest BCUT2D eigenvalue weighted by Gasteiger charge is 2.25. The number of ether oxygens (including phenoxy) is 1. The Bertz CT molecular complexity index is 847. The highest BCUT2D eigenvalue weighted by Crippen LogP contribution is 2.34. The van der Waals surface area contributed by atoms with Gasteiger partial charge < -0.3 is 19.6 Å². The maximum Gasteiger partial charge on any atom is 0.251 e. The summed E-state index contributed by atoms with van der Waals surface area (Å²) in [5, 5.41) is 9.74. The highest BCUT2D eigenvalue weighted by molar-refractivity contribution is 7.19. The van der Waals surface area contributed by atoms with Gasteiger partial charge in [-0.3, -0.25) is 9.69 Å². The van der Waals surface area contributed by atoms with Gasteiger partial charge in [0, 0.05) is 50.7 Å². The maximum absolute atomic E-state index is 11.9. The predicted molar refractivity (Wildman–Crippen MR) is 109 cm³/mol. The third kappa shape index (κ3) is 4.23. The zero-order valence-electron chi connectivity index (χ0n) is 15.8. The van der Waals surface area contributed by atoms with Gasteiger partial charge in [0.15, 0.2) is 5.82 Å². The summed E-state index contributed by atoms with van der Waals surface area (Å²) in [6.07, 6.45) is -0.934. The van der Waals surface area contributed by atoms with Crippen LogP contribution in [-0.4, -0.2) is 89.4 Å². The first kappa shape index (κ1) is 19.8. The molecule has 0 saturated carbocycles. The van der Waals surface area contributed by atoms with E-state index in [-0.39, 0.29) is 11.2 Å². The van der Waals surface area contributed by atoms with Crippen molar-refractivity contribution in [1.82, 2.24) is 19.8 Å². The summed E-state index contributed by atoms with van der Waals surface area (Å²) in [5.74, 6) is 0.698. The smallest absolute Gasteiger partial charge is 0.251 e. The van der Waals surface area contributed by atoms with E-state index >= 15 is 0 Å². The number of nitrogens with zero attached hydrogens (tertiary/aromatic N) is 5. The minimum absolute atomic E-state index is 0.193. The van der Waals surface area contributed by atoms with E-state index in [0.29, 0.717) is 26.3 Å². The molecule has 2 fully saturated rings. The molecule has 152 valence electrons. The maximum atomic E-state index is 11.9. The van der Waals surface area contributed by atoms with Crippen molar-refractivity contribution in [2.24, 2.45) is 0 Å². The van der Waals surface area contributed by atoms with E-state index in [1.54, 1.807) is 16.2 Å². The van der Waals surface area contributed by atoms with Crippen LogP contribution in [0.25, 0.3) is 10.2 Å². The lowest BCUT2D eigenvalue weighted by molar-refractivity contribution is -0.141. The molecular weight excluding hydrogens is 402 g/mol. The van der Waals surface area contributed by atoms with Crippen LogP contribution in [0, 0.1) is 0 Å². The summed E-state index contributed by atoms with van der Waals surface area (Å²) in [5.41, 5.74) is 0.879. The molecule has 2 saturated heterocycles. The highest BCUT2D eigenvalue weighted by atomic mass is 35.5. The monoisotopic (exact) mass is 425 g/mol. The molecule has 28 heavy (non-hydrogen) atoms. The van der Waals surface area contributed by atoms with E-state index in [0.717, 1.165) is 48.8 Å². The zero-order valence-corrected chi connectivity index (χ0v) is 17.4. The molecule has 2 aliphatic heterocycles. The first-order valence-electron chi connectivity index (χ1n) is 9.49. The van der Waals surface area contributed by atoms with E-state index in [2.05, 4.69) is 25.8 Å². The zero-order chi connectivity index (χ0) is 19.7. The molecule has 4 heterocycles. The second-order valence-corrected chi connectivity index (χ2v) is 8.59. The lowest BCUT2D eigenvalue weighted by Gasteiger charge is -2.35. The molecule has 2 aliphatic rings. The van der Waals surface area contributed by atoms with Crippen molar-refractivity contribution in [3.8, 4) is 0 Å². The number of carbonyl (C=O) groups is 1. The van der Waals surface area contributed by atoms with Crippen LogP contribution in [0.2, 0.25) is 5.28 Å². The van der Waals surface area contributed by atoms with Crippen molar-refractivity contribution < 1.29 is 14.6 Å². The van der Waals surface area contributed by atoms with Crippen molar-refractivity contribution in [3.63, 3.8) is 0 Å². The van der Waals surface area contributed by atoms with E-state index in [4.69, 9.17) is 16.3 Å². The number of fused-ring (bicyclic) bond motifs is 1. The van der Waals surface area contributed by atoms with Gasteiger partial charge in [0.05, 0.1) is 23.4 Å². The molecule has 0 spiro atoms. The van der Waals surface area contributed by atoms with Crippen LogP contribution < -0.4 is 4.90 Å². The van der Waals surface area contributed by atoms with Crippen molar-refractivity contribution in [2.75, 3.05) is 57.4 Å². The molecular formula is C18H24ClN5O3S. The topological polar surface area (TPSA) is 82.0 Å². The van der Waals surface area contributed by atoms with E-state index < -0.39 is 6.10 Å². The quantitative estimate of drug-likeness (QED) is 0.737. The van der Waals surface area contributed by atoms with Crippen molar-refractivity contribution in [3.05, 3.63) is 16.2 Å². The molecule has 2 aromatic heterocycles. The number of thiophene rings is 1. The third-order valence-corrected chi connectivity index (χ3v) is 6.38. The fourth-order valence-electron chi connectivity index (χ4n) is 3.62. The van der Waals surface area contributed by atoms with Gasteiger partial charge in [-0.05, 0) is 24.6 Å². The lowest BCUT2D eigenvalue weighted by Crippen LogP contribution is -2.50. The number of aliphatic hydroxyl groups is 1. The van der Waals surface area contributed by atoms with Crippen LogP contribution >= 0.6 is 22.9 Å². The second kappa shape index (κ2) is 8.46. The fourth-order valence-corrected chi connectivity index (χ4v) is 4.94. The van der Waals surface area contributed by atoms with Gasteiger partial charge >= 0.3 is 0 Å². The van der Waals surface area contributed by atoms with Crippen molar-refractivity contribution >= 4 is 44.9 Å². The Morgan fingerprint density at radius 3 is 2.64 bits per heavy atom. The van der Waals surface area contributed by atoms with Gasteiger partial charge in [0.1, 0.15) is 6.10 Å². The number of hydrogen-bond acceptors (Lipinski definition) is 8. The molecule has 0 radical (unpaired) electrons. The third-order valence-electron chi connectivity index (χ3n) is 5.11. The summed E-state index contributed by atoms with van der Waals surface area (Å²) >= 11 is 7.88. The van der Waals surface area contributed by atoms with Gasteiger partial charge in [-0.2, -0.15) is 4.98 Å². The SMILES string of the molecule is C[C@H](O)C(=O)N1CCN(Cc2cc3nc(Cl)nc(N4CCOCC4)c3s2)CC1. The van der Waals surface area contributed by atoms with Gasteiger partial charge in [0.25, 0.3) is 5.91 Å². The van der Waals surface area contributed by atoms with Gasteiger partial charge in [-0.25, -0.2) is 4.98 Å². The van der Waals surface area contributed by atoms with Gasteiger partial charge in [0.2, 0.25) is 5.28 Å². The fraction of sp³-hybridized carbons (Fsp3) is 0.611. The van der Waals surface area contributed by atoms with Crippen LogP contribution in [0.4, 0.5) is 5.82 Å². The summed E-state index contributed by atoms with van der Waals surface area (Å²) in [4.78, 5) is 28.3. The largest absolute Gasteiger partial charge is 0.384 e. The average Bonchev–Trinajstić information content (AvgIpc) is 3.10. The van der Waals surface area contributed by atoms with E-state index in [9.17, 15) is 9.90 Å². The minimum atomic E-state index is -0.934. The Labute approximate surface area is 172 Å². The molecule has 1 amide bonds. The Morgan fingerprint density at radius 2 is 1.96 bits per heavy atom. The lowest BCUT2D eigenvalue weighted by atomic mass is 10.2. The first-order chi connectivity index (χ1) is 13.5. The number of anilines is 1. The van der Waals surface area contributed by atoms with Crippen LogP contribution in [0.1, 0.15) is 11.8 Å². The Morgan fingerprint density at radius 1 is 1.25 bits per heavy atom. The van der Waals surface area contributed by atoms with Crippen molar-refractivity contribution in [1.29, 1.82) is 0 Å². The minimum Gasteiger partial charge on any atom is -0.384 e. The Hall–Kier alpha value is -1.52. The van der Waals surface area contributed by atoms with Crippen LogP contribution in [-0.2, 0) is 16.1 Å². The van der Waals surface area contributed by atoms with Crippen molar-refractivity contribution in [2.45, 2.75) is 19.6 Å². The molecule has 1 N–H and O–H groups in total. The molecule has 2 aromatic rings. The number of aromatic nitrogens is 2. The number of halogens is 1. The number of piperazine rings is 1. The van der Waals surface area contributed by atoms with Crippen LogP contribution in [0.5, 0.6) is 0 Å². The molecule has 0 unspecified atom stereocenters. The van der Waals surface area contributed by atoms with Gasteiger partial charge in [-0.15, -0.1) is 11.3 Å². The molecule has 0 aromatic carbocycles. The molecule has 10 heteroatoms. The first-order valence-corrected chi connectivity index (χ1v) is 10.7. The number of hydrogen-bond donors (Lipinski definition) is 1. The summed E-state index contributed by atoms with van der Waals surface area (Å²) < 4.78 is 6.50. The summed E-state index contributed by atoms with van der Waals surface area (Å²) in [6, 6.07) is 2.09. The number of morpholine rings is 1. The number of aliphatic hydroxyl groups excluding tert-OH is 1. The second-order valence-electron chi connectivity index (χ2n) is 7.12. The standard InChI is InChI=1S/C18H24ClN5O3S/c1-12(25)17(26)24-4-2-22(3-5-24)11-13-10-14-15(28-13)16(21-18(19)20-14)23-6-8-27-9-7-23/h10,12,25H,2-9,11H2,1H3/t12-/m0/s1. The number of amides is 1. The Balaban J connectivity index is 1.47. The van der Waals surface area contributed by atoms with E-state index in [1.165, 1.54) is 11.8 Å². The molecule has 0 aliphatic carbocycles. The van der Waals surface area contributed by atoms with Crippen LogP contribution in [0.3, 0.4) is 0 Å². The normalized spacial score (nSPS) is 20.0. The van der Waals surface area contributed by atoms with Gasteiger partial charge in [-0.1, -0.05) is 0 Å². The Kier molecular flexibility index (Phi) is 5.98. The molecule has 8 nitrogen and oxygen atoms in total. The number of rotatable bonds is 4. The van der Waals surface area contributed by atoms with Crippen LogP contribution in [0.15, 0.2) is 6.07 Å². The molecule has 1 atom stereocenters. The molecule has 0 bridgehead atoms. The van der Waals surface area contributed by atoms with E-state index in [1.807, 2.05) is 0 Å². The number of carbonyl (C=O) groups excluding carboxylic acids is 1. The predicted octanol–water partition coefficient (Wildman–Crippen LogP) is 1.21. The average molecular weight is 426 g/mol. The summed E-state index contributed by atoms with van der Waals surface area (Å²) in [6.45, 7) is 8.16.